The van der Waals surface area contributed by atoms with E-state index in [4.69, 9.17) is 0 Å². The molecule has 2 aliphatic rings. The highest BCUT2D eigenvalue weighted by molar-refractivity contribution is 6.06. The molecule has 0 bridgehead atoms. The average Bonchev–Trinajstić information content (AvgIpc) is 3.03. The van der Waals surface area contributed by atoms with Crippen LogP contribution < -0.4 is 10.2 Å². The maximum Gasteiger partial charge on any atom is 0.235 e. The lowest BCUT2D eigenvalue weighted by Gasteiger charge is -2.37. The number of fused-ring (bicyclic) bond motifs is 1. The normalized spacial score (nSPS) is 21.6. The van der Waals surface area contributed by atoms with Gasteiger partial charge in [-0.3, -0.25) is 9.69 Å². The molecule has 2 aromatic carbocycles. The van der Waals surface area contributed by atoms with Crippen molar-refractivity contribution in [1.82, 2.24) is 4.90 Å². The van der Waals surface area contributed by atoms with Crippen molar-refractivity contribution >= 4 is 17.3 Å². The number of halogens is 1. The minimum Gasteiger partial charge on any atom is -0.369 e. The Hall–Kier alpha value is -2.40. The van der Waals surface area contributed by atoms with Crippen LogP contribution in [0.15, 0.2) is 42.5 Å². The van der Waals surface area contributed by atoms with Crippen molar-refractivity contribution in [3.63, 3.8) is 0 Å². The summed E-state index contributed by atoms with van der Waals surface area (Å²) in [6, 6.07) is 13.2. The van der Waals surface area contributed by atoms with Gasteiger partial charge in [0.2, 0.25) is 5.91 Å². The number of carbonyl (C=O) groups excluding carboxylic acids is 1. The molecule has 4 nitrogen and oxygen atoms in total. The minimum atomic E-state index is -0.366. The molecular formula is C25H32FN3O. The highest BCUT2D eigenvalue weighted by Crippen LogP contribution is 2.43. The van der Waals surface area contributed by atoms with E-state index in [9.17, 15) is 9.18 Å². The number of rotatable bonds is 7. The Balaban J connectivity index is 1.26. The molecule has 2 aliphatic heterocycles. The van der Waals surface area contributed by atoms with Crippen molar-refractivity contribution in [2.75, 3.05) is 42.9 Å². The van der Waals surface area contributed by atoms with Crippen LogP contribution in [-0.4, -0.2) is 43.5 Å². The summed E-state index contributed by atoms with van der Waals surface area (Å²) in [5, 5.41) is 3.08. The van der Waals surface area contributed by atoms with Gasteiger partial charge in [-0.1, -0.05) is 31.5 Å². The highest BCUT2D eigenvalue weighted by Gasteiger charge is 2.44. The molecule has 1 atom stereocenters. The summed E-state index contributed by atoms with van der Waals surface area (Å²) in [7, 11) is 0. The van der Waals surface area contributed by atoms with E-state index in [1.54, 1.807) is 12.1 Å². The van der Waals surface area contributed by atoms with Gasteiger partial charge >= 0.3 is 0 Å². The third-order valence-corrected chi connectivity index (χ3v) is 6.93. The molecule has 0 aliphatic carbocycles. The number of anilines is 2. The van der Waals surface area contributed by atoms with Gasteiger partial charge in [-0.15, -0.1) is 0 Å². The lowest BCUT2D eigenvalue weighted by Crippen LogP contribution is -2.46. The second-order valence-electron chi connectivity index (χ2n) is 8.65. The van der Waals surface area contributed by atoms with Gasteiger partial charge in [0.1, 0.15) is 5.82 Å². The van der Waals surface area contributed by atoms with Gasteiger partial charge in [0.25, 0.3) is 0 Å². The lowest BCUT2D eigenvalue weighted by molar-refractivity contribution is -0.121. The number of amides is 1. The highest BCUT2D eigenvalue weighted by atomic mass is 19.1. The molecule has 5 heteroatoms. The van der Waals surface area contributed by atoms with Crippen LogP contribution in [0.5, 0.6) is 0 Å². The van der Waals surface area contributed by atoms with Crippen LogP contribution in [0.25, 0.3) is 0 Å². The predicted molar refractivity (Wildman–Crippen MR) is 121 cm³/mol. The number of piperazine rings is 1. The molecule has 160 valence electrons. The number of hydrogen-bond donors (Lipinski definition) is 1. The smallest absolute Gasteiger partial charge is 0.235 e. The molecular weight excluding hydrogens is 377 g/mol. The molecule has 0 radical (unpaired) electrons. The molecule has 30 heavy (non-hydrogen) atoms. The van der Waals surface area contributed by atoms with Crippen LogP contribution in [0.4, 0.5) is 15.8 Å². The van der Waals surface area contributed by atoms with Crippen LogP contribution in [0.1, 0.15) is 43.7 Å². The van der Waals surface area contributed by atoms with Crippen molar-refractivity contribution in [3.8, 4) is 0 Å². The summed E-state index contributed by atoms with van der Waals surface area (Å²) in [5.74, 6) is -0.00668. The van der Waals surface area contributed by atoms with E-state index in [0.29, 0.717) is 0 Å². The number of hydrogen-bond acceptors (Lipinski definition) is 3. The predicted octanol–water partition coefficient (Wildman–Crippen LogP) is 4.73. The van der Waals surface area contributed by atoms with Crippen LogP contribution in [0.2, 0.25) is 0 Å². The Bertz CT molecular complexity index is 907. The van der Waals surface area contributed by atoms with Crippen LogP contribution in [0.3, 0.4) is 0 Å². The van der Waals surface area contributed by atoms with E-state index in [1.807, 2.05) is 31.2 Å². The molecule has 0 spiro atoms. The van der Waals surface area contributed by atoms with Crippen molar-refractivity contribution in [2.24, 2.45) is 0 Å². The van der Waals surface area contributed by atoms with E-state index in [2.05, 4.69) is 28.1 Å². The molecule has 1 amide bonds. The second-order valence-corrected chi connectivity index (χ2v) is 8.65. The van der Waals surface area contributed by atoms with Crippen molar-refractivity contribution in [2.45, 2.75) is 44.9 Å². The van der Waals surface area contributed by atoms with E-state index in [0.717, 1.165) is 75.3 Å². The maximum atomic E-state index is 13.4. The number of aryl methyl sites for hydroxylation is 1. The van der Waals surface area contributed by atoms with Crippen LogP contribution in [-0.2, 0) is 10.2 Å². The zero-order valence-electron chi connectivity index (χ0n) is 18.1. The summed E-state index contributed by atoms with van der Waals surface area (Å²) in [6.45, 7) is 9.17. The molecule has 0 aromatic heterocycles. The van der Waals surface area contributed by atoms with E-state index >= 15 is 0 Å². The Kier molecular flexibility index (Phi) is 6.09. The molecule has 1 unspecified atom stereocenters. The Morgan fingerprint density at radius 2 is 1.83 bits per heavy atom. The number of nitrogens with one attached hydrogen (secondary N) is 1. The van der Waals surface area contributed by atoms with Gasteiger partial charge in [-0.25, -0.2) is 4.39 Å². The van der Waals surface area contributed by atoms with E-state index in [-0.39, 0.29) is 17.1 Å². The first-order valence-electron chi connectivity index (χ1n) is 11.2. The molecule has 1 saturated heterocycles. The molecule has 1 fully saturated rings. The number of carbonyl (C=O) groups is 1. The topological polar surface area (TPSA) is 35.6 Å². The standard InChI is InChI=1S/C25H32FN3O/c1-3-25(21-8-4-5-9-22(21)27-24(25)30)12-6-7-13-28-14-16-29(17-15-28)23-11-10-20(26)18-19(23)2/h4-5,8-11,18H,3,6-7,12-17H2,1-2H3,(H,27,30). The van der Waals surface area contributed by atoms with E-state index in [1.165, 1.54) is 5.56 Å². The molecule has 4 rings (SSSR count). The zero-order chi connectivity index (χ0) is 21.1. The Labute approximate surface area is 179 Å². The van der Waals surface area contributed by atoms with Gasteiger partial charge < -0.3 is 10.2 Å². The SMILES string of the molecule is CCC1(CCCCN2CCN(c3ccc(F)cc3C)CC2)C(=O)Nc2ccccc21. The third kappa shape index (κ3) is 3.95. The first kappa shape index (κ1) is 20.9. The van der Waals surface area contributed by atoms with E-state index < -0.39 is 0 Å². The van der Waals surface area contributed by atoms with Crippen molar-refractivity contribution < 1.29 is 9.18 Å². The molecule has 0 saturated carbocycles. The lowest BCUT2D eigenvalue weighted by atomic mass is 9.75. The number of benzene rings is 2. The van der Waals surface area contributed by atoms with Gasteiger partial charge in [-0.2, -0.15) is 0 Å². The molecule has 1 N–H and O–H groups in total. The summed E-state index contributed by atoms with van der Waals surface area (Å²) >= 11 is 0. The fourth-order valence-electron chi connectivity index (χ4n) is 5.10. The minimum absolute atomic E-state index is 0.162. The Morgan fingerprint density at radius 1 is 1.07 bits per heavy atom. The van der Waals surface area contributed by atoms with Crippen molar-refractivity contribution in [1.29, 1.82) is 0 Å². The fourth-order valence-corrected chi connectivity index (χ4v) is 5.10. The van der Waals surface area contributed by atoms with Gasteiger partial charge in [0.15, 0.2) is 0 Å². The molecule has 2 aromatic rings. The third-order valence-electron chi connectivity index (χ3n) is 6.93. The quantitative estimate of drug-likeness (QED) is 0.672. The summed E-state index contributed by atoms with van der Waals surface area (Å²) < 4.78 is 13.4. The first-order chi connectivity index (χ1) is 14.5. The summed E-state index contributed by atoms with van der Waals surface area (Å²) in [4.78, 5) is 17.6. The van der Waals surface area contributed by atoms with Gasteiger partial charge in [-0.05, 0) is 68.1 Å². The number of unbranched alkanes of at least 4 members (excludes halogenated alkanes) is 1. The summed E-state index contributed by atoms with van der Waals surface area (Å²) in [6.07, 6.45) is 3.90. The van der Waals surface area contributed by atoms with Gasteiger partial charge in [0.05, 0.1) is 5.41 Å². The average molecular weight is 410 g/mol. The summed E-state index contributed by atoms with van der Waals surface area (Å²) in [5.41, 5.74) is 3.93. The maximum absolute atomic E-state index is 13.4. The largest absolute Gasteiger partial charge is 0.369 e. The van der Waals surface area contributed by atoms with Crippen LogP contribution in [0, 0.1) is 12.7 Å². The van der Waals surface area contributed by atoms with Crippen LogP contribution >= 0.6 is 0 Å². The number of nitrogens with zero attached hydrogens (tertiary/aromatic N) is 2. The second kappa shape index (κ2) is 8.76. The Morgan fingerprint density at radius 3 is 2.57 bits per heavy atom. The zero-order valence-corrected chi connectivity index (χ0v) is 18.1. The fraction of sp³-hybridized carbons (Fsp3) is 0.480. The van der Waals surface area contributed by atoms with Gasteiger partial charge in [0, 0.05) is 37.6 Å². The van der Waals surface area contributed by atoms with Crippen molar-refractivity contribution in [3.05, 3.63) is 59.4 Å². The number of para-hydroxylation sites is 1. The monoisotopic (exact) mass is 409 g/mol. The molecule has 2 heterocycles. The first-order valence-corrected chi connectivity index (χ1v) is 11.2.